The van der Waals surface area contributed by atoms with Crippen LogP contribution in [0.15, 0.2) is 60.7 Å². The number of rotatable bonds is 18. The number of hydrogen-bond donors (Lipinski definition) is 4. The Balaban J connectivity index is 1.25. The molecule has 5 heterocycles. The van der Waals surface area contributed by atoms with Crippen molar-refractivity contribution < 1.29 is 33.4 Å². The van der Waals surface area contributed by atoms with Crippen molar-refractivity contribution in [2.45, 2.75) is 53.9 Å². The zero-order valence-corrected chi connectivity index (χ0v) is 35.9. The molecule has 1 fully saturated rings. The number of amides is 4. The van der Waals surface area contributed by atoms with Gasteiger partial charge in [0, 0.05) is 56.9 Å². The number of hydrogen-bond acceptors (Lipinski definition) is 12. The van der Waals surface area contributed by atoms with Gasteiger partial charge in [0.1, 0.15) is 40.5 Å². The van der Waals surface area contributed by atoms with Crippen LogP contribution in [0.1, 0.15) is 66.9 Å². The number of carbonyl (C=O) groups is 4. The van der Waals surface area contributed by atoms with Crippen molar-refractivity contribution in [1.82, 2.24) is 43.6 Å². The fourth-order valence-electron chi connectivity index (χ4n) is 7.40. The number of imidazole rings is 2. The third-order valence-electron chi connectivity index (χ3n) is 10.4. The van der Waals surface area contributed by atoms with Crippen LogP contribution in [0.25, 0.3) is 22.1 Å². The Hall–Kier alpha value is -7.32. The van der Waals surface area contributed by atoms with E-state index in [0.717, 1.165) is 19.6 Å². The SMILES string of the molecule is CCn1nc(C)cc1C(=O)Nc1nc2cc(C(N)=O)cc(OC)c2n1C/C=C/Cn1c(NC(=O)c2cc(C)nn2CC)nc2cc(C(N)=O)cc(OC/C=C/CN3CCOCC3)c21. The Bertz CT molecular complexity index is 2750. The van der Waals surface area contributed by atoms with Gasteiger partial charge in [0.25, 0.3) is 11.8 Å². The highest BCUT2D eigenvalue weighted by Crippen LogP contribution is 2.33. The van der Waals surface area contributed by atoms with Crippen LogP contribution in [0.3, 0.4) is 0 Å². The van der Waals surface area contributed by atoms with Crippen molar-refractivity contribution in [1.29, 1.82) is 0 Å². The normalized spacial score (nSPS) is 13.4. The minimum atomic E-state index is -0.671. The van der Waals surface area contributed by atoms with E-state index in [1.807, 2.05) is 38.2 Å². The molecule has 0 unspecified atom stereocenters. The fourth-order valence-corrected chi connectivity index (χ4v) is 7.40. The lowest BCUT2D eigenvalue weighted by molar-refractivity contribution is 0.0434. The molecule has 20 nitrogen and oxygen atoms in total. The molecule has 0 bridgehead atoms. The van der Waals surface area contributed by atoms with Crippen molar-refractivity contribution in [3.05, 3.63) is 94.6 Å². The van der Waals surface area contributed by atoms with E-state index < -0.39 is 23.6 Å². The molecule has 6 N–H and O–H groups in total. The number of benzene rings is 2. The summed E-state index contributed by atoms with van der Waals surface area (Å²) in [5.74, 6) is -1.20. The van der Waals surface area contributed by atoms with Gasteiger partial charge in [0.2, 0.25) is 23.7 Å². The predicted molar refractivity (Wildman–Crippen MR) is 235 cm³/mol. The number of aromatic nitrogens is 8. The van der Waals surface area contributed by atoms with E-state index in [0.29, 0.717) is 82.6 Å². The number of primary amides is 2. The van der Waals surface area contributed by atoms with Gasteiger partial charge in [-0.3, -0.25) is 44.1 Å². The first-order chi connectivity index (χ1) is 30.4. The Morgan fingerprint density at radius 2 is 1.17 bits per heavy atom. The maximum absolute atomic E-state index is 13.8. The average Bonchev–Trinajstić information content (AvgIpc) is 4.04. The van der Waals surface area contributed by atoms with E-state index in [9.17, 15) is 19.2 Å². The first-order valence-electron chi connectivity index (χ1n) is 20.6. The van der Waals surface area contributed by atoms with E-state index >= 15 is 0 Å². The van der Waals surface area contributed by atoms with Crippen molar-refractivity contribution >= 4 is 57.6 Å². The van der Waals surface area contributed by atoms with Crippen molar-refractivity contribution in [2.75, 3.05) is 57.2 Å². The Morgan fingerprint density at radius 3 is 1.65 bits per heavy atom. The maximum Gasteiger partial charge on any atom is 0.276 e. The van der Waals surface area contributed by atoms with Crippen molar-refractivity contribution in [2.24, 2.45) is 11.5 Å². The van der Waals surface area contributed by atoms with Gasteiger partial charge in [0.05, 0.1) is 42.7 Å². The lowest BCUT2D eigenvalue weighted by Crippen LogP contribution is -2.36. The molecule has 330 valence electrons. The molecular weight excluding hydrogens is 811 g/mol. The van der Waals surface area contributed by atoms with E-state index in [4.69, 9.17) is 35.6 Å². The van der Waals surface area contributed by atoms with E-state index in [1.165, 1.54) is 19.2 Å². The summed E-state index contributed by atoms with van der Waals surface area (Å²) in [4.78, 5) is 64.0. The molecule has 1 aliphatic heterocycles. The number of anilines is 2. The molecule has 0 atom stereocenters. The summed E-state index contributed by atoms with van der Waals surface area (Å²) >= 11 is 0. The molecule has 1 saturated heterocycles. The molecule has 20 heteroatoms. The lowest BCUT2D eigenvalue weighted by atomic mass is 10.1. The summed E-state index contributed by atoms with van der Waals surface area (Å²) in [6.45, 7) is 12.6. The summed E-state index contributed by atoms with van der Waals surface area (Å²) in [5, 5.41) is 14.7. The van der Waals surface area contributed by atoms with Crippen molar-refractivity contribution in [3.8, 4) is 11.5 Å². The molecule has 0 saturated carbocycles. The largest absolute Gasteiger partial charge is 0.494 e. The molecular formula is C43H51N13O7. The Kier molecular flexibility index (Phi) is 13.3. The minimum absolute atomic E-state index is 0.156. The fraction of sp³-hybridized carbons (Fsp3) is 0.349. The molecule has 63 heavy (non-hydrogen) atoms. The Labute approximate surface area is 362 Å². The van der Waals surface area contributed by atoms with Crippen LogP contribution < -0.4 is 31.6 Å². The standard InChI is InChI=1S/C43H51N13O7/c1-6-55-32(20-26(3)50-55)40(59)48-42-46-30-22-28(38(44)57)24-34(61-5)36(30)53(42)13-8-9-14-54-37-31(47-43(54)49-41(60)33-21-27(4)51-56(33)7-2)23-29(39(45)58)25-35(37)63-17-11-10-12-52-15-18-62-19-16-52/h8-11,20-25H,6-7,12-19H2,1-5H3,(H2,44,57)(H2,45,58)(H,46,48,59)(H,47,49,60)/b9-8+,11-10+. The van der Waals surface area contributed by atoms with E-state index in [2.05, 4.69) is 25.7 Å². The first-order valence-corrected chi connectivity index (χ1v) is 20.6. The van der Waals surface area contributed by atoms with Gasteiger partial charge in [-0.15, -0.1) is 0 Å². The average molecular weight is 862 g/mol. The van der Waals surface area contributed by atoms with Gasteiger partial charge >= 0.3 is 0 Å². The number of nitrogens with zero attached hydrogens (tertiary/aromatic N) is 9. The number of morpholine rings is 1. The molecule has 4 aromatic heterocycles. The molecule has 4 amide bonds. The second-order valence-corrected chi connectivity index (χ2v) is 14.8. The number of ether oxygens (including phenoxy) is 3. The smallest absolute Gasteiger partial charge is 0.276 e. The van der Waals surface area contributed by atoms with Crippen LogP contribution >= 0.6 is 0 Å². The highest BCUT2D eigenvalue weighted by Gasteiger charge is 2.24. The molecule has 1 aliphatic rings. The number of carbonyl (C=O) groups excluding carboxylic acids is 4. The quantitative estimate of drug-likeness (QED) is 0.0905. The number of nitrogens with two attached hydrogens (primary N) is 2. The summed E-state index contributed by atoms with van der Waals surface area (Å²) in [7, 11) is 1.46. The van der Waals surface area contributed by atoms with Crippen LogP contribution in [0.5, 0.6) is 11.5 Å². The van der Waals surface area contributed by atoms with Gasteiger partial charge < -0.3 is 34.8 Å². The number of nitrogens with one attached hydrogen (secondary N) is 2. The molecule has 0 spiro atoms. The first kappa shape index (κ1) is 43.8. The van der Waals surface area contributed by atoms with Crippen LogP contribution in [-0.4, -0.2) is 114 Å². The van der Waals surface area contributed by atoms with Gasteiger partial charge in [-0.05, 0) is 64.1 Å². The second kappa shape index (κ2) is 19.2. The number of allylic oxidation sites excluding steroid dienone is 2. The van der Waals surface area contributed by atoms with Crippen LogP contribution in [0.4, 0.5) is 11.9 Å². The van der Waals surface area contributed by atoms with Crippen LogP contribution in [-0.2, 0) is 30.9 Å². The maximum atomic E-state index is 13.8. The van der Waals surface area contributed by atoms with Gasteiger partial charge in [0.15, 0.2) is 0 Å². The van der Waals surface area contributed by atoms with E-state index in [1.54, 1.807) is 56.6 Å². The Morgan fingerprint density at radius 1 is 0.698 bits per heavy atom. The highest BCUT2D eigenvalue weighted by atomic mass is 16.5. The third kappa shape index (κ3) is 9.61. The minimum Gasteiger partial charge on any atom is -0.494 e. The van der Waals surface area contributed by atoms with Crippen molar-refractivity contribution in [3.63, 3.8) is 0 Å². The monoisotopic (exact) mass is 861 g/mol. The topological polar surface area (TPSA) is 247 Å². The van der Waals surface area contributed by atoms with Crippen LogP contribution in [0.2, 0.25) is 0 Å². The van der Waals surface area contributed by atoms with Gasteiger partial charge in [-0.25, -0.2) is 9.97 Å². The van der Waals surface area contributed by atoms with Crippen LogP contribution in [0, 0.1) is 13.8 Å². The summed E-state index contributed by atoms with van der Waals surface area (Å²) in [6, 6.07) is 9.56. The van der Waals surface area contributed by atoms with Gasteiger partial charge in [-0.1, -0.05) is 24.3 Å². The zero-order chi connectivity index (χ0) is 44.8. The summed E-state index contributed by atoms with van der Waals surface area (Å²) in [6.07, 6.45) is 7.62. The second-order valence-electron chi connectivity index (χ2n) is 14.8. The van der Waals surface area contributed by atoms with Gasteiger partial charge in [-0.2, -0.15) is 10.2 Å². The molecule has 2 aromatic carbocycles. The number of fused-ring (bicyclic) bond motifs is 2. The number of aryl methyl sites for hydroxylation is 4. The lowest BCUT2D eigenvalue weighted by Gasteiger charge is -2.25. The summed E-state index contributed by atoms with van der Waals surface area (Å²) in [5.41, 5.74) is 15.6. The molecule has 0 aliphatic carbocycles. The number of methoxy groups -OCH3 is 1. The predicted octanol–water partition coefficient (Wildman–Crippen LogP) is 3.67. The highest BCUT2D eigenvalue weighted by molar-refractivity contribution is 6.05. The summed E-state index contributed by atoms with van der Waals surface area (Å²) < 4.78 is 24.2. The zero-order valence-electron chi connectivity index (χ0n) is 35.9. The third-order valence-corrected chi connectivity index (χ3v) is 10.4. The molecule has 6 aromatic rings. The molecule has 7 rings (SSSR count). The van der Waals surface area contributed by atoms with E-state index in [-0.39, 0.29) is 42.7 Å². The molecule has 0 radical (unpaired) electrons.